The van der Waals surface area contributed by atoms with Gasteiger partial charge < -0.3 is 15.5 Å². The highest BCUT2D eigenvalue weighted by atomic mass is 35.5. The van der Waals surface area contributed by atoms with Crippen LogP contribution in [0, 0.1) is 0 Å². The fourth-order valence-corrected chi connectivity index (χ4v) is 2.56. The van der Waals surface area contributed by atoms with Crippen LogP contribution >= 0.6 is 24.8 Å². The third-order valence-electron chi connectivity index (χ3n) is 3.58. The fraction of sp³-hybridized carbons (Fsp3) is 0.917. The van der Waals surface area contributed by atoms with Crippen LogP contribution in [-0.2, 0) is 4.79 Å². The van der Waals surface area contributed by atoms with Gasteiger partial charge in [0.15, 0.2) is 0 Å². The summed E-state index contributed by atoms with van der Waals surface area (Å²) in [5.74, 6) is 0.241. The average Bonchev–Trinajstić information content (AvgIpc) is 2.81. The summed E-state index contributed by atoms with van der Waals surface area (Å²) in [7, 11) is 0. The summed E-state index contributed by atoms with van der Waals surface area (Å²) in [6.07, 6.45) is 5.58. The van der Waals surface area contributed by atoms with E-state index in [1.807, 2.05) is 0 Å². The highest BCUT2D eigenvalue weighted by Crippen LogP contribution is 2.17. The van der Waals surface area contributed by atoms with Gasteiger partial charge in [0.05, 0.1) is 0 Å². The molecule has 0 bridgehead atoms. The molecule has 2 rings (SSSR count). The van der Waals surface area contributed by atoms with E-state index in [9.17, 15) is 4.79 Å². The van der Waals surface area contributed by atoms with Gasteiger partial charge in [0.2, 0.25) is 5.91 Å². The molecule has 1 aliphatic heterocycles. The molecular weight excluding hydrogens is 273 g/mol. The molecule has 1 heterocycles. The van der Waals surface area contributed by atoms with E-state index in [1.54, 1.807) is 0 Å². The zero-order chi connectivity index (χ0) is 11.2. The molecule has 1 saturated carbocycles. The van der Waals surface area contributed by atoms with Crippen molar-refractivity contribution in [1.82, 2.24) is 15.5 Å². The van der Waals surface area contributed by atoms with Crippen molar-refractivity contribution in [2.75, 3.05) is 32.7 Å². The molecule has 2 N–H and O–H groups in total. The summed E-state index contributed by atoms with van der Waals surface area (Å²) in [5.41, 5.74) is 0. The lowest BCUT2D eigenvalue weighted by Gasteiger charge is -2.27. The molecule has 4 nitrogen and oxygen atoms in total. The third-order valence-corrected chi connectivity index (χ3v) is 3.58. The molecule has 0 atom stereocenters. The molecule has 0 aromatic heterocycles. The topological polar surface area (TPSA) is 44.4 Å². The fourth-order valence-electron chi connectivity index (χ4n) is 2.56. The van der Waals surface area contributed by atoms with Gasteiger partial charge in [-0.05, 0) is 12.8 Å². The first-order chi connectivity index (χ1) is 7.84. The maximum atomic E-state index is 11.7. The summed E-state index contributed by atoms with van der Waals surface area (Å²) in [4.78, 5) is 14.1. The minimum absolute atomic E-state index is 0. The Labute approximate surface area is 122 Å². The molecule has 6 heteroatoms. The second kappa shape index (κ2) is 9.84. The van der Waals surface area contributed by atoms with Crippen LogP contribution in [0.15, 0.2) is 0 Å². The van der Waals surface area contributed by atoms with E-state index in [0.29, 0.717) is 12.5 Å². The Kier molecular flexibility index (Phi) is 9.83. The summed E-state index contributed by atoms with van der Waals surface area (Å²) >= 11 is 0. The van der Waals surface area contributed by atoms with Crippen LogP contribution in [0.4, 0.5) is 0 Å². The Bertz CT molecular complexity index is 229. The Morgan fingerprint density at radius 1 is 1.17 bits per heavy atom. The number of nitrogens with zero attached hydrogens (tertiary/aromatic N) is 1. The standard InChI is InChI=1S/C12H23N3O.2ClH/c16-12(14-11-3-1-2-4-11)5-8-15-9-6-13-7-10-15;;/h11,13H,1-10H2,(H,14,16);2*1H. The molecule has 0 aromatic carbocycles. The minimum atomic E-state index is 0. The number of rotatable bonds is 4. The van der Waals surface area contributed by atoms with E-state index < -0.39 is 0 Å². The molecule has 1 saturated heterocycles. The number of hydrogen-bond acceptors (Lipinski definition) is 3. The van der Waals surface area contributed by atoms with Crippen molar-refractivity contribution in [3.63, 3.8) is 0 Å². The third kappa shape index (κ3) is 6.23. The molecule has 18 heavy (non-hydrogen) atoms. The van der Waals surface area contributed by atoms with Gasteiger partial charge in [-0.2, -0.15) is 0 Å². The lowest BCUT2D eigenvalue weighted by Crippen LogP contribution is -2.45. The van der Waals surface area contributed by atoms with E-state index in [0.717, 1.165) is 32.7 Å². The highest BCUT2D eigenvalue weighted by Gasteiger charge is 2.17. The second-order valence-corrected chi connectivity index (χ2v) is 4.89. The molecular formula is C12H25Cl2N3O. The molecule has 108 valence electrons. The predicted octanol–water partition coefficient (Wildman–Crippen LogP) is 1.18. The summed E-state index contributed by atoms with van der Waals surface area (Å²) in [5, 5.41) is 6.46. The first-order valence-corrected chi connectivity index (χ1v) is 6.57. The minimum Gasteiger partial charge on any atom is -0.353 e. The van der Waals surface area contributed by atoms with Gasteiger partial charge in [0.1, 0.15) is 0 Å². The van der Waals surface area contributed by atoms with Crippen molar-refractivity contribution in [2.24, 2.45) is 0 Å². The molecule has 2 aliphatic rings. The van der Waals surface area contributed by atoms with Gasteiger partial charge in [-0.1, -0.05) is 12.8 Å². The zero-order valence-corrected chi connectivity index (χ0v) is 12.5. The van der Waals surface area contributed by atoms with Gasteiger partial charge in [0, 0.05) is 45.2 Å². The lowest BCUT2D eigenvalue weighted by atomic mass is 10.2. The highest BCUT2D eigenvalue weighted by molar-refractivity contribution is 5.85. The normalized spacial score (nSPS) is 20.9. The van der Waals surface area contributed by atoms with Crippen molar-refractivity contribution in [2.45, 2.75) is 38.1 Å². The van der Waals surface area contributed by atoms with E-state index >= 15 is 0 Å². The maximum absolute atomic E-state index is 11.7. The molecule has 0 aromatic rings. The summed E-state index contributed by atoms with van der Waals surface area (Å²) in [6, 6.07) is 0.468. The van der Waals surface area contributed by atoms with Crippen LogP contribution in [0.5, 0.6) is 0 Å². The van der Waals surface area contributed by atoms with E-state index in [2.05, 4.69) is 15.5 Å². The quantitative estimate of drug-likeness (QED) is 0.819. The van der Waals surface area contributed by atoms with E-state index in [1.165, 1.54) is 25.7 Å². The van der Waals surface area contributed by atoms with Crippen molar-refractivity contribution < 1.29 is 4.79 Å². The maximum Gasteiger partial charge on any atom is 0.221 e. The average molecular weight is 298 g/mol. The molecule has 0 radical (unpaired) electrons. The van der Waals surface area contributed by atoms with Crippen LogP contribution in [0.3, 0.4) is 0 Å². The van der Waals surface area contributed by atoms with Gasteiger partial charge in [0.25, 0.3) is 0 Å². The number of piperazine rings is 1. The summed E-state index contributed by atoms with van der Waals surface area (Å²) in [6.45, 7) is 5.20. The molecule has 0 spiro atoms. The first-order valence-electron chi connectivity index (χ1n) is 6.57. The number of halogens is 2. The van der Waals surface area contributed by atoms with Crippen molar-refractivity contribution in [1.29, 1.82) is 0 Å². The van der Waals surface area contributed by atoms with Crippen LogP contribution in [0.25, 0.3) is 0 Å². The SMILES string of the molecule is Cl.Cl.O=C(CCN1CCNCC1)NC1CCCC1. The number of nitrogens with one attached hydrogen (secondary N) is 2. The van der Waals surface area contributed by atoms with Crippen molar-refractivity contribution in [3.8, 4) is 0 Å². The number of carbonyl (C=O) groups excluding carboxylic acids is 1. The lowest BCUT2D eigenvalue weighted by molar-refractivity contribution is -0.122. The predicted molar refractivity (Wildman–Crippen MR) is 78.8 cm³/mol. The van der Waals surface area contributed by atoms with Crippen molar-refractivity contribution in [3.05, 3.63) is 0 Å². The van der Waals surface area contributed by atoms with Crippen molar-refractivity contribution >= 4 is 30.7 Å². The van der Waals surface area contributed by atoms with Gasteiger partial charge >= 0.3 is 0 Å². The van der Waals surface area contributed by atoms with E-state index in [4.69, 9.17) is 0 Å². The molecule has 0 unspecified atom stereocenters. The number of hydrogen-bond donors (Lipinski definition) is 2. The molecule has 1 aliphatic carbocycles. The Morgan fingerprint density at radius 2 is 1.78 bits per heavy atom. The van der Waals surface area contributed by atoms with E-state index in [-0.39, 0.29) is 30.7 Å². The number of amides is 1. The van der Waals surface area contributed by atoms with Crippen LogP contribution < -0.4 is 10.6 Å². The molecule has 1 amide bonds. The van der Waals surface area contributed by atoms with Crippen LogP contribution in [0.2, 0.25) is 0 Å². The first kappa shape index (κ1) is 18.0. The van der Waals surface area contributed by atoms with Gasteiger partial charge in [-0.3, -0.25) is 4.79 Å². The van der Waals surface area contributed by atoms with Gasteiger partial charge in [-0.25, -0.2) is 0 Å². The smallest absolute Gasteiger partial charge is 0.221 e. The largest absolute Gasteiger partial charge is 0.353 e. The monoisotopic (exact) mass is 297 g/mol. The second-order valence-electron chi connectivity index (χ2n) is 4.89. The van der Waals surface area contributed by atoms with Gasteiger partial charge in [-0.15, -0.1) is 24.8 Å². The molecule has 2 fully saturated rings. The zero-order valence-electron chi connectivity index (χ0n) is 10.8. The van der Waals surface area contributed by atoms with Crippen LogP contribution in [-0.4, -0.2) is 49.6 Å². The Hall–Kier alpha value is -0.0300. The summed E-state index contributed by atoms with van der Waals surface area (Å²) < 4.78 is 0. The van der Waals surface area contributed by atoms with Crippen LogP contribution in [0.1, 0.15) is 32.1 Å². The Morgan fingerprint density at radius 3 is 2.39 bits per heavy atom. The number of carbonyl (C=O) groups is 1. The Balaban J connectivity index is 0.00000144.